The Morgan fingerprint density at radius 2 is 1.95 bits per heavy atom. The fourth-order valence-corrected chi connectivity index (χ4v) is 2.61. The summed E-state index contributed by atoms with van der Waals surface area (Å²) in [5.74, 6) is -0.287. The number of halogens is 1. The maximum absolute atomic E-state index is 13.8. The van der Waals surface area contributed by atoms with Crippen LogP contribution in [0.1, 0.15) is 24.9 Å². The van der Waals surface area contributed by atoms with Crippen molar-refractivity contribution in [3.63, 3.8) is 0 Å². The summed E-state index contributed by atoms with van der Waals surface area (Å²) < 4.78 is 13.8. The van der Waals surface area contributed by atoms with E-state index in [-0.39, 0.29) is 5.82 Å². The molecule has 1 atom stereocenters. The normalized spacial score (nSPS) is 19.0. The summed E-state index contributed by atoms with van der Waals surface area (Å²) in [6.45, 7) is 6.84. The number of nitrogens with zero attached hydrogens (tertiary/aromatic N) is 3. The molecule has 0 aromatic heterocycles. The van der Waals surface area contributed by atoms with Crippen molar-refractivity contribution in [3.8, 4) is 6.07 Å². The zero-order valence-electron chi connectivity index (χ0n) is 11.3. The molecular weight excluding hydrogens is 241 g/mol. The van der Waals surface area contributed by atoms with Gasteiger partial charge in [0.2, 0.25) is 0 Å². The lowest BCUT2D eigenvalue weighted by Crippen LogP contribution is -2.47. The van der Waals surface area contributed by atoms with Crippen molar-refractivity contribution in [3.05, 3.63) is 35.6 Å². The van der Waals surface area contributed by atoms with Crippen molar-refractivity contribution in [2.75, 3.05) is 32.7 Å². The molecule has 1 aliphatic heterocycles. The molecule has 0 radical (unpaired) electrons. The molecule has 1 aromatic carbocycles. The topological polar surface area (TPSA) is 30.3 Å². The second kappa shape index (κ2) is 6.65. The van der Waals surface area contributed by atoms with Gasteiger partial charge >= 0.3 is 0 Å². The molecule has 2 rings (SSSR count). The summed E-state index contributed by atoms with van der Waals surface area (Å²) in [4.78, 5) is 4.47. The summed E-state index contributed by atoms with van der Waals surface area (Å²) in [6, 6.07) is 8.36. The minimum absolute atomic E-state index is 0.287. The highest BCUT2D eigenvalue weighted by Crippen LogP contribution is 2.23. The van der Waals surface area contributed by atoms with Crippen LogP contribution in [0.5, 0.6) is 0 Å². The van der Waals surface area contributed by atoms with Crippen LogP contribution >= 0.6 is 0 Å². The van der Waals surface area contributed by atoms with Crippen LogP contribution in [0.15, 0.2) is 24.3 Å². The van der Waals surface area contributed by atoms with E-state index in [1.807, 2.05) is 0 Å². The van der Waals surface area contributed by atoms with Gasteiger partial charge in [-0.3, -0.25) is 4.90 Å². The molecule has 0 N–H and O–H groups in total. The third kappa shape index (κ3) is 3.31. The van der Waals surface area contributed by atoms with Crippen molar-refractivity contribution in [1.29, 1.82) is 5.26 Å². The highest BCUT2D eigenvalue weighted by molar-refractivity contribution is 5.26. The monoisotopic (exact) mass is 261 g/mol. The van der Waals surface area contributed by atoms with Gasteiger partial charge in [0.05, 0.1) is 6.07 Å². The first kappa shape index (κ1) is 14.0. The zero-order chi connectivity index (χ0) is 13.7. The Kier molecular flexibility index (Phi) is 4.89. The molecule has 0 amide bonds. The summed E-state index contributed by atoms with van der Waals surface area (Å²) in [7, 11) is 0. The molecule has 19 heavy (non-hydrogen) atoms. The molecule has 1 heterocycles. The average Bonchev–Trinajstić information content (AvgIpc) is 2.44. The van der Waals surface area contributed by atoms with E-state index in [2.05, 4.69) is 22.8 Å². The Morgan fingerprint density at radius 3 is 2.53 bits per heavy atom. The lowest BCUT2D eigenvalue weighted by atomic mass is 10.0. The molecule has 0 saturated carbocycles. The van der Waals surface area contributed by atoms with Gasteiger partial charge in [-0.1, -0.05) is 25.1 Å². The highest BCUT2D eigenvalue weighted by atomic mass is 19.1. The quantitative estimate of drug-likeness (QED) is 0.834. The summed E-state index contributed by atoms with van der Waals surface area (Å²) >= 11 is 0. The second-order valence-corrected chi connectivity index (χ2v) is 4.93. The van der Waals surface area contributed by atoms with E-state index in [0.717, 1.165) is 39.1 Å². The number of hydrogen-bond acceptors (Lipinski definition) is 3. The molecule has 1 aliphatic rings. The highest BCUT2D eigenvalue weighted by Gasteiger charge is 2.26. The van der Waals surface area contributed by atoms with E-state index in [1.54, 1.807) is 18.2 Å². The van der Waals surface area contributed by atoms with Crippen molar-refractivity contribution >= 4 is 0 Å². The van der Waals surface area contributed by atoms with Gasteiger partial charge in [0.25, 0.3) is 0 Å². The molecule has 1 aromatic rings. The van der Waals surface area contributed by atoms with Crippen LogP contribution < -0.4 is 0 Å². The smallest absolute Gasteiger partial charge is 0.129 e. The molecule has 4 heteroatoms. The van der Waals surface area contributed by atoms with Gasteiger partial charge in [-0.25, -0.2) is 4.39 Å². The van der Waals surface area contributed by atoms with E-state index in [1.165, 1.54) is 6.07 Å². The summed E-state index contributed by atoms with van der Waals surface area (Å²) in [5.41, 5.74) is 0.494. The first-order valence-corrected chi connectivity index (χ1v) is 6.86. The van der Waals surface area contributed by atoms with E-state index < -0.39 is 6.04 Å². The number of nitriles is 1. The van der Waals surface area contributed by atoms with Crippen LogP contribution in [0.2, 0.25) is 0 Å². The number of hydrogen-bond donors (Lipinski definition) is 0. The van der Waals surface area contributed by atoms with Gasteiger partial charge in [-0.15, -0.1) is 0 Å². The minimum atomic E-state index is -0.468. The first-order valence-electron chi connectivity index (χ1n) is 6.86. The Labute approximate surface area is 114 Å². The van der Waals surface area contributed by atoms with Crippen molar-refractivity contribution in [2.45, 2.75) is 19.4 Å². The summed E-state index contributed by atoms with van der Waals surface area (Å²) in [5, 5.41) is 9.35. The Morgan fingerprint density at radius 1 is 1.26 bits per heavy atom. The van der Waals surface area contributed by atoms with Gasteiger partial charge in [0.15, 0.2) is 0 Å². The molecule has 0 spiro atoms. The third-order valence-corrected chi connectivity index (χ3v) is 3.63. The fraction of sp³-hybridized carbons (Fsp3) is 0.533. The Bertz CT molecular complexity index is 447. The van der Waals surface area contributed by atoms with Crippen LogP contribution in [0.4, 0.5) is 4.39 Å². The van der Waals surface area contributed by atoms with Crippen molar-refractivity contribution in [2.24, 2.45) is 0 Å². The molecule has 0 aliphatic carbocycles. The molecule has 0 bridgehead atoms. The largest absolute Gasteiger partial charge is 0.301 e. The standard InChI is InChI=1S/C15H20FN3/c1-2-7-18-8-10-19(11-9-18)15(12-17)13-5-3-4-6-14(13)16/h3-6,15H,2,7-11H2,1H3. The van der Waals surface area contributed by atoms with Crippen LogP contribution in [0, 0.1) is 17.1 Å². The van der Waals surface area contributed by atoms with E-state index in [4.69, 9.17) is 0 Å². The minimum Gasteiger partial charge on any atom is -0.301 e. The predicted molar refractivity (Wildman–Crippen MR) is 73.1 cm³/mol. The van der Waals surface area contributed by atoms with E-state index >= 15 is 0 Å². The van der Waals surface area contributed by atoms with Crippen LogP contribution in [0.3, 0.4) is 0 Å². The van der Waals surface area contributed by atoms with Gasteiger partial charge in [-0.2, -0.15) is 5.26 Å². The van der Waals surface area contributed by atoms with E-state index in [0.29, 0.717) is 5.56 Å². The Hall–Kier alpha value is -1.44. The van der Waals surface area contributed by atoms with Gasteiger partial charge in [-0.05, 0) is 19.0 Å². The van der Waals surface area contributed by atoms with Crippen LogP contribution in [-0.2, 0) is 0 Å². The predicted octanol–water partition coefficient (Wildman–Crippen LogP) is 2.42. The average molecular weight is 261 g/mol. The molecule has 3 nitrogen and oxygen atoms in total. The lowest BCUT2D eigenvalue weighted by Gasteiger charge is -2.36. The van der Waals surface area contributed by atoms with Crippen molar-refractivity contribution in [1.82, 2.24) is 9.80 Å². The number of benzene rings is 1. The van der Waals surface area contributed by atoms with Crippen molar-refractivity contribution < 1.29 is 4.39 Å². The van der Waals surface area contributed by atoms with Gasteiger partial charge in [0, 0.05) is 31.7 Å². The van der Waals surface area contributed by atoms with Gasteiger partial charge < -0.3 is 4.90 Å². The lowest BCUT2D eigenvalue weighted by molar-refractivity contribution is 0.113. The molecule has 1 saturated heterocycles. The molecule has 1 unspecified atom stereocenters. The number of piperazine rings is 1. The first-order chi connectivity index (χ1) is 9.26. The molecular formula is C15H20FN3. The maximum Gasteiger partial charge on any atom is 0.129 e. The second-order valence-electron chi connectivity index (χ2n) is 4.93. The maximum atomic E-state index is 13.8. The number of rotatable bonds is 4. The van der Waals surface area contributed by atoms with Crippen LogP contribution in [0.25, 0.3) is 0 Å². The molecule has 1 fully saturated rings. The van der Waals surface area contributed by atoms with Crippen LogP contribution in [-0.4, -0.2) is 42.5 Å². The Balaban J connectivity index is 2.05. The SMILES string of the molecule is CCCN1CCN(C(C#N)c2ccccc2F)CC1. The van der Waals surface area contributed by atoms with E-state index in [9.17, 15) is 9.65 Å². The van der Waals surface area contributed by atoms with Gasteiger partial charge in [0.1, 0.15) is 11.9 Å². The third-order valence-electron chi connectivity index (χ3n) is 3.63. The fourth-order valence-electron chi connectivity index (χ4n) is 2.61. The zero-order valence-corrected chi connectivity index (χ0v) is 11.3. The molecule has 102 valence electrons. The summed E-state index contributed by atoms with van der Waals surface area (Å²) in [6.07, 6.45) is 1.15.